The summed E-state index contributed by atoms with van der Waals surface area (Å²) in [6.07, 6.45) is 3.83. The number of benzene rings is 1. The number of allylic oxidation sites excluding steroid dienone is 3. The van der Waals surface area contributed by atoms with E-state index in [-0.39, 0.29) is 16.2 Å². The van der Waals surface area contributed by atoms with Crippen LogP contribution in [0.3, 0.4) is 0 Å². The van der Waals surface area contributed by atoms with Crippen molar-refractivity contribution in [1.82, 2.24) is 0 Å². The van der Waals surface area contributed by atoms with Gasteiger partial charge in [-0.1, -0.05) is 66.7 Å². The van der Waals surface area contributed by atoms with Crippen molar-refractivity contribution in [2.24, 2.45) is 10.8 Å². The van der Waals surface area contributed by atoms with Crippen molar-refractivity contribution < 1.29 is 18.1 Å². The normalized spacial score (nSPS) is 27.2. The van der Waals surface area contributed by atoms with E-state index in [1.807, 2.05) is 6.92 Å². The molecule has 0 fully saturated rings. The van der Waals surface area contributed by atoms with Crippen molar-refractivity contribution in [2.45, 2.75) is 80.6 Å². The lowest BCUT2D eigenvalue weighted by Gasteiger charge is -2.44. The molecule has 1 heterocycles. The molecule has 1 aromatic carbocycles. The molecular formula is C25H37O4P. The van der Waals surface area contributed by atoms with Gasteiger partial charge in [0.2, 0.25) is 0 Å². The van der Waals surface area contributed by atoms with Crippen LogP contribution in [-0.4, -0.2) is 7.11 Å². The zero-order valence-corrected chi connectivity index (χ0v) is 21.1. The topological polar surface area (TPSA) is 44.8 Å². The summed E-state index contributed by atoms with van der Waals surface area (Å²) in [7, 11) is -2.41. The quantitative estimate of drug-likeness (QED) is 0.427. The molecule has 0 spiro atoms. The van der Waals surface area contributed by atoms with Crippen LogP contribution in [0.4, 0.5) is 0 Å². The smallest absolute Gasteiger partial charge is 0.395 e. The van der Waals surface area contributed by atoms with Gasteiger partial charge in [-0.05, 0) is 64.3 Å². The van der Waals surface area contributed by atoms with Crippen molar-refractivity contribution in [2.75, 3.05) is 7.11 Å². The van der Waals surface area contributed by atoms with Gasteiger partial charge in [0, 0.05) is 13.5 Å². The van der Waals surface area contributed by atoms with Gasteiger partial charge in [0.15, 0.2) is 0 Å². The van der Waals surface area contributed by atoms with E-state index < -0.39 is 7.82 Å². The minimum absolute atomic E-state index is 0.000928. The molecule has 1 aliphatic carbocycles. The molecule has 166 valence electrons. The van der Waals surface area contributed by atoms with E-state index in [0.717, 1.165) is 28.7 Å². The highest BCUT2D eigenvalue weighted by Gasteiger charge is 2.43. The van der Waals surface area contributed by atoms with Gasteiger partial charge >= 0.3 is 7.82 Å². The van der Waals surface area contributed by atoms with Crippen LogP contribution in [-0.2, 0) is 25.4 Å². The number of fused-ring (bicyclic) bond motifs is 2. The maximum atomic E-state index is 13.4. The van der Waals surface area contributed by atoms with Crippen LogP contribution in [0.25, 0.3) is 0 Å². The van der Waals surface area contributed by atoms with E-state index in [1.165, 1.54) is 12.7 Å². The summed E-state index contributed by atoms with van der Waals surface area (Å²) in [5.74, 6) is 1.26. The number of phosphoric acid groups is 1. The third kappa shape index (κ3) is 4.14. The zero-order chi connectivity index (χ0) is 22.7. The molecule has 1 aromatic rings. The first-order valence-electron chi connectivity index (χ1n) is 10.7. The summed E-state index contributed by atoms with van der Waals surface area (Å²) in [6, 6.07) is 4.29. The molecule has 0 saturated carbocycles. The molecule has 0 saturated heterocycles. The molecule has 0 aromatic heterocycles. The fourth-order valence-electron chi connectivity index (χ4n) is 4.22. The predicted molar refractivity (Wildman–Crippen MR) is 123 cm³/mol. The summed E-state index contributed by atoms with van der Waals surface area (Å²) < 4.78 is 30.6. The molecule has 3 rings (SSSR count). The molecule has 2 atom stereocenters. The Morgan fingerprint density at radius 2 is 1.70 bits per heavy atom. The molecule has 0 bridgehead atoms. The van der Waals surface area contributed by atoms with Gasteiger partial charge in [-0.2, -0.15) is 0 Å². The van der Waals surface area contributed by atoms with Crippen LogP contribution in [0.2, 0.25) is 0 Å². The predicted octanol–water partition coefficient (Wildman–Crippen LogP) is 7.66. The minimum atomic E-state index is -3.79. The Labute approximate surface area is 182 Å². The Morgan fingerprint density at radius 1 is 1.07 bits per heavy atom. The van der Waals surface area contributed by atoms with Crippen LogP contribution in [0, 0.1) is 17.8 Å². The highest BCUT2D eigenvalue weighted by atomic mass is 31.2. The third-order valence-electron chi connectivity index (χ3n) is 6.75. The van der Waals surface area contributed by atoms with Crippen LogP contribution >= 0.6 is 7.82 Å². The second-order valence-electron chi connectivity index (χ2n) is 11.1. The lowest BCUT2D eigenvalue weighted by atomic mass is 9.62. The first-order chi connectivity index (χ1) is 13.6. The van der Waals surface area contributed by atoms with Crippen molar-refractivity contribution in [3.63, 3.8) is 0 Å². The number of hydrogen-bond donors (Lipinski definition) is 0. The van der Waals surface area contributed by atoms with Crippen molar-refractivity contribution in [3.8, 4) is 5.75 Å². The van der Waals surface area contributed by atoms with Gasteiger partial charge in [-0.3, -0.25) is 4.52 Å². The number of hydrogen-bond acceptors (Lipinski definition) is 4. The molecule has 2 aliphatic rings. The lowest BCUT2D eigenvalue weighted by molar-refractivity contribution is 0.155. The molecule has 5 heteroatoms. The molecule has 4 nitrogen and oxygen atoms in total. The molecule has 1 aliphatic heterocycles. The van der Waals surface area contributed by atoms with E-state index in [9.17, 15) is 4.57 Å². The van der Waals surface area contributed by atoms with E-state index in [1.54, 1.807) is 0 Å². The van der Waals surface area contributed by atoms with Crippen LogP contribution in [0.1, 0.15) is 78.5 Å². The lowest BCUT2D eigenvalue weighted by Crippen LogP contribution is -2.34. The second-order valence-corrected chi connectivity index (χ2v) is 12.8. The fraction of sp³-hybridized carbons (Fsp3) is 0.600. The third-order valence-corrected chi connectivity index (χ3v) is 8.01. The Balaban J connectivity index is 2.26. The van der Waals surface area contributed by atoms with Crippen LogP contribution < -0.4 is 4.52 Å². The molecule has 0 radical (unpaired) electrons. The van der Waals surface area contributed by atoms with Crippen LogP contribution in [0.5, 0.6) is 5.75 Å². The van der Waals surface area contributed by atoms with Gasteiger partial charge in [-0.25, -0.2) is 4.57 Å². The van der Waals surface area contributed by atoms with Crippen LogP contribution in [0.15, 0.2) is 35.1 Å². The summed E-state index contributed by atoms with van der Waals surface area (Å²) in [5.41, 5.74) is 5.37. The Hall–Kier alpha value is -1.51. The van der Waals surface area contributed by atoms with Gasteiger partial charge in [0.25, 0.3) is 0 Å². The average molecular weight is 433 g/mol. The SMILES string of the molecule is COP1(=O)OC2=C(C)CC(C)(C(C)(C)C)C=C2Cc2cc(C(C)(C)C)cc(C)c2O1. The molecule has 30 heavy (non-hydrogen) atoms. The molecule has 2 unspecified atom stereocenters. The number of rotatable bonds is 1. The largest absolute Gasteiger partial charge is 0.587 e. The molecule has 0 N–H and O–H groups in total. The average Bonchev–Trinajstić information content (AvgIpc) is 2.57. The van der Waals surface area contributed by atoms with E-state index in [4.69, 9.17) is 13.6 Å². The zero-order valence-electron chi connectivity index (χ0n) is 20.2. The summed E-state index contributed by atoms with van der Waals surface area (Å²) in [4.78, 5) is 0. The standard InChI is InChI=1S/C25H37O4P/c1-16-11-20(23(3,4)5)13-18-12-19-15-25(9,24(6,7)8)14-17(2)22(19)29-30(26,27-10)28-21(16)18/h11,13,15H,12,14H2,1-10H3. The fourth-order valence-corrected chi connectivity index (χ4v) is 5.39. The minimum Gasteiger partial charge on any atom is -0.395 e. The monoisotopic (exact) mass is 432 g/mol. The van der Waals surface area contributed by atoms with Gasteiger partial charge in [0.05, 0.1) is 0 Å². The highest BCUT2D eigenvalue weighted by molar-refractivity contribution is 7.49. The van der Waals surface area contributed by atoms with Gasteiger partial charge in [-0.15, -0.1) is 0 Å². The maximum Gasteiger partial charge on any atom is 0.587 e. The Morgan fingerprint density at radius 3 is 2.23 bits per heavy atom. The first kappa shape index (κ1) is 23.2. The van der Waals surface area contributed by atoms with E-state index >= 15 is 0 Å². The summed E-state index contributed by atoms with van der Waals surface area (Å²) in [6.45, 7) is 19.8. The van der Waals surface area contributed by atoms with Gasteiger partial charge in [0.1, 0.15) is 11.5 Å². The van der Waals surface area contributed by atoms with Crippen molar-refractivity contribution in [3.05, 3.63) is 51.8 Å². The number of phosphoric ester groups is 1. The summed E-state index contributed by atoms with van der Waals surface area (Å²) >= 11 is 0. The first-order valence-corrected chi connectivity index (χ1v) is 12.2. The van der Waals surface area contributed by atoms with Gasteiger partial charge < -0.3 is 9.05 Å². The molecular weight excluding hydrogens is 395 g/mol. The van der Waals surface area contributed by atoms with Crippen molar-refractivity contribution >= 4 is 7.82 Å². The Bertz CT molecular complexity index is 972. The van der Waals surface area contributed by atoms with Crippen molar-refractivity contribution in [1.29, 1.82) is 0 Å². The Kier molecular flexibility index (Phi) is 5.62. The van der Waals surface area contributed by atoms with E-state index in [2.05, 4.69) is 73.6 Å². The highest BCUT2D eigenvalue weighted by Crippen LogP contribution is 2.58. The maximum absolute atomic E-state index is 13.4. The summed E-state index contributed by atoms with van der Waals surface area (Å²) in [5, 5.41) is 0. The van der Waals surface area contributed by atoms with E-state index in [0.29, 0.717) is 17.9 Å². The second kappa shape index (κ2) is 7.28. The number of aryl methyl sites for hydroxylation is 1. The molecule has 0 amide bonds.